The van der Waals surface area contributed by atoms with Crippen LogP contribution in [0.5, 0.6) is 0 Å². The van der Waals surface area contributed by atoms with Gasteiger partial charge in [-0.05, 0) is 12.8 Å². The van der Waals surface area contributed by atoms with Gasteiger partial charge in [0.2, 0.25) is 0 Å². The Morgan fingerprint density at radius 3 is 1.43 bits per heavy atom. The molecule has 0 saturated carbocycles. The minimum absolute atomic E-state index is 0.329. The maximum Gasteiger partial charge on any atom is 0.117 e. The van der Waals surface area contributed by atoms with Crippen molar-refractivity contribution in [3.63, 3.8) is 0 Å². The van der Waals surface area contributed by atoms with Crippen LogP contribution in [-0.2, 0) is 0 Å². The van der Waals surface area contributed by atoms with Crippen molar-refractivity contribution in [3.8, 4) is 0 Å². The molecule has 7 heavy (non-hydrogen) atoms. The molecule has 0 rings (SSSR count). The van der Waals surface area contributed by atoms with Crippen molar-refractivity contribution >= 4 is 23.2 Å². The molecular formula is C5H10Cl2. The summed E-state index contributed by atoms with van der Waals surface area (Å²) in [6, 6.07) is 0. The van der Waals surface area contributed by atoms with E-state index >= 15 is 0 Å². The Hall–Kier alpha value is 0.580. The summed E-state index contributed by atoms with van der Waals surface area (Å²) in [5.74, 6) is 0.329. The molecular weight excluding hydrogens is 131 g/mol. The van der Waals surface area contributed by atoms with E-state index in [2.05, 4.69) is 0 Å². The fourth-order valence-electron chi connectivity index (χ4n) is 0. The van der Waals surface area contributed by atoms with E-state index in [1.54, 1.807) is 6.92 Å². The van der Waals surface area contributed by atoms with Gasteiger partial charge in [0.05, 0.1) is 0 Å². The Morgan fingerprint density at radius 1 is 1.29 bits per heavy atom. The summed E-state index contributed by atoms with van der Waals surface area (Å²) >= 11 is 11.3. The van der Waals surface area contributed by atoms with Gasteiger partial charge >= 0.3 is 0 Å². The maximum absolute atomic E-state index is 5.63. The highest BCUT2D eigenvalue weighted by atomic mass is 35.5. The standard InChI is InChI=1S/C5H10Cl2/c1-4(2)5(3,6)7/h4H,1-3H3. The molecule has 0 aliphatic heterocycles. The molecule has 0 atom stereocenters. The van der Waals surface area contributed by atoms with Crippen LogP contribution in [0.2, 0.25) is 0 Å². The average molecular weight is 141 g/mol. The van der Waals surface area contributed by atoms with E-state index in [0.717, 1.165) is 0 Å². The molecule has 0 aliphatic rings. The van der Waals surface area contributed by atoms with Gasteiger partial charge in [-0.1, -0.05) is 13.8 Å². The molecule has 0 heterocycles. The fraction of sp³-hybridized carbons (Fsp3) is 1.00. The highest BCUT2D eigenvalue weighted by Gasteiger charge is 2.20. The van der Waals surface area contributed by atoms with Crippen LogP contribution in [0.4, 0.5) is 0 Å². The number of hydrogen-bond acceptors (Lipinski definition) is 0. The van der Waals surface area contributed by atoms with Gasteiger partial charge in [0.1, 0.15) is 4.33 Å². The molecule has 2 heteroatoms. The number of alkyl halides is 2. The first-order valence-electron chi connectivity index (χ1n) is 2.32. The molecule has 0 radical (unpaired) electrons. The molecule has 0 aromatic carbocycles. The second-order valence-electron chi connectivity index (χ2n) is 2.11. The molecule has 0 aromatic rings. The molecule has 0 unspecified atom stereocenters. The zero-order chi connectivity index (χ0) is 6.08. The summed E-state index contributed by atoms with van der Waals surface area (Å²) in [7, 11) is 0. The summed E-state index contributed by atoms with van der Waals surface area (Å²) in [6.45, 7) is 5.76. The molecule has 44 valence electrons. The van der Waals surface area contributed by atoms with E-state index in [-0.39, 0.29) is 0 Å². The summed E-state index contributed by atoms with van der Waals surface area (Å²) in [4.78, 5) is 0. The van der Waals surface area contributed by atoms with Crippen molar-refractivity contribution in [1.82, 2.24) is 0 Å². The van der Waals surface area contributed by atoms with Gasteiger partial charge in [-0.15, -0.1) is 23.2 Å². The maximum atomic E-state index is 5.63. The Labute approximate surface area is 54.8 Å². The highest BCUT2D eigenvalue weighted by molar-refractivity contribution is 6.48. The van der Waals surface area contributed by atoms with E-state index in [9.17, 15) is 0 Å². The third kappa shape index (κ3) is 3.19. The summed E-state index contributed by atoms with van der Waals surface area (Å²) in [6.07, 6.45) is 0. The predicted octanol–water partition coefficient (Wildman–Crippen LogP) is 2.84. The lowest BCUT2D eigenvalue weighted by Crippen LogP contribution is -2.14. The Bertz CT molecular complexity index is 51.6. The molecule has 0 saturated heterocycles. The van der Waals surface area contributed by atoms with Gasteiger partial charge in [0, 0.05) is 0 Å². The first-order valence-corrected chi connectivity index (χ1v) is 3.08. The second-order valence-corrected chi connectivity index (χ2v) is 3.87. The van der Waals surface area contributed by atoms with Crippen molar-refractivity contribution in [2.75, 3.05) is 0 Å². The minimum atomic E-state index is -0.556. The van der Waals surface area contributed by atoms with E-state index in [1.807, 2.05) is 13.8 Å². The molecule has 0 aromatic heterocycles. The van der Waals surface area contributed by atoms with Crippen molar-refractivity contribution < 1.29 is 0 Å². The molecule has 0 spiro atoms. The fourth-order valence-corrected chi connectivity index (χ4v) is 0. The lowest BCUT2D eigenvalue weighted by molar-refractivity contribution is 0.587. The SMILES string of the molecule is CC(C)C(C)(Cl)Cl. The van der Waals surface area contributed by atoms with Gasteiger partial charge in [-0.25, -0.2) is 0 Å². The van der Waals surface area contributed by atoms with Crippen molar-refractivity contribution in [2.45, 2.75) is 25.1 Å². The van der Waals surface area contributed by atoms with Gasteiger partial charge in [-0.2, -0.15) is 0 Å². The molecule has 0 N–H and O–H groups in total. The quantitative estimate of drug-likeness (QED) is 0.492. The summed E-state index contributed by atoms with van der Waals surface area (Å²) in [5.41, 5.74) is 0. The van der Waals surface area contributed by atoms with Crippen LogP contribution in [0.25, 0.3) is 0 Å². The summed E-state index contributed by atoms with van der Waals surface area (Å²) in [5, 5.41) is 0. The monoisotopic (exact) mass is 140 g/mol. The van der Waals surface area contributed by atoms with Gasteiger partial charge in [0.25, 0.3) is 0 Å². The predicted molar refractivity (Wildman–Crippen MR) is 34.9 cm³/mol. The van der Waals surface area contributed by atoms with Gasteiger partial charge in [0.15, 0.2) is 0 Å². The van der Waals surface area contributed by atoms with E-state index < -0.39 is 4.33 Å². The first-order chi connectivity index (χ1) is 2.94. The van der Waals surface area contributed by atoms with Gasteiger partial charge < -0.3 is 0 Å². The van der Waals surface area contributed by atoms with Crippen LogP contribution in [0.15, 0.2) is 0 Å². The average Bonchev–Trinajstić information content (AvgIpc) is 1.31. The van der Waals surface area contributed by atoms with E-state index in [4.69, 9.17) is 23.2 Å². The van der Waals surface area contributed by atoms with Crippen LogP contribution < -0.4 is 0 Å². The zero-order valence-corrected chi connectivity index (χ0v) is 6.35. The number of rotatable bonds is 1. The molecule has 0 nitrogen and oxygen atoms in total. The van der Waals surface area contributed by atoms with Crippen LogP contribution >= 0.6 is 23.2 Å². The smallest absolute Gasteiger partial charge is 0.102 e. The molecule has 0 amide bonds. The van der Waals surface area contributed by atoms with E-state index in [1.165, 1.54) is 0 Å². The van der Waals surface area contributed by atoms with Crippen LogP contribution in [0.1, 0.15) is 20.8 Å². The first kappa shape index (κ1) is 7.58. The van der Waals surface area contributed by atoms with Crippen LogP contribution in [0, 0.1) is 5.92 Å². The molecule has 0 bridgehead atoms. The topological polar surface area (TPSA) is 0 Å². The van der Waals surface area contributed by atoms with Gasteiger partial charge in [-0.3, -0.25) is 0 Å². The normalized spacial score (nSPS) is 12.9. The Morgan fingerprint density at radius 2 is 1.43 bits per heavy atom. The van der Waals surface area contributed by atoms with Crippen molar-refractivity contribution in [2.24, 2.45) is 5.92 Å². The lowest BCUT2D eigenvalue weighted by Gasteiger charge is -2.16. The Balaban J connectivity index is 3.54. The number of halogens is 2. The molecule has 0 aliphatic carbocycles. The number of hydrogen-bond donors (Lipinski definition) is 0. The van der Waals surface area contributed by atoms with Crippen LogP contribution in [0.3, 0.4) is 0 Å². The summed E-state index contributed by atoms with van der Waals surface area (Å²) < 4.78 is -0.556. The largest absolute Gasteiger partial charge is 0.117 e. The van der Waals surface area contributed by atoms with E-state index in [0.29, 0.717) is 5.92 Å². The third-order valence-electron chi connectivity index (χ3n) is 1.01. The van der Waals surface area contributed by atoms with Crippen molar-refractivity contribution in [1.29, 1.82) is 0 Å². The minimum Gasteiger partial charge on any atom is -0.102 e. The third-order valence-corrected chi connectivity index (χ3v) is 1.89. The highest BCUT2D eigenvalue weighted by Crippen LogP contribution is 2.28. The van der Waals surface area contributed by atoms with Crippen molar-refractivity contribution in [3.05, 3.63) is 0 Å². The van der Waals surface area contributed by atoms with Crippen LogP contribution in [-0.4, -0.2) is 4.33 Å². The second kappa shape index (κ2) is 2.23. The zero-order valence-electron chi connectivity index (χ0n) is 4.83. The molecule has 0 fully saturated rings. The Kier molecular flexibility index (Phi) is 2.42. The lowest BCUT2D eigenvalue weighted by atomic mass is 10.1.